The van der Waals surface area contributed by atoms with Gasteiger partial charge in [0.15, 0.2) is 0 Å². The molecule has 2 rings (SSSR count). The van der Waals surface area contributed by atoms with Gasteiger partial charge in [-0.05, 0) is 25.5 Å². The molecule has 1 aliphatic heterocycles. The van der Waals surface area contributed by atoms with Crippen molar-refractivity contribution in [3.05, 3.63) is 35.9 Å². The van der Waals surface area contributed by atoms with E-state index >= 15 is 0 Å². The minimum atomic E-state index is -0.0811. The molecule has 0 saturated carbocycles. The quantitative estimate of drug-likeness (QED) is 0.571. The van der Waals surface area contributed by atoms with Crippen LogP contribution in [-0.2, 0) is 16.1 Å². The van der Waals surface area contributed by atoms with Gasteiger partial charge in [0.05, 0.1) is 0 Å². The van der Waals surface area contributed by atoms with Crippen molar-refractivity contribution in [1.29, 1.82) is 0 Å². The van der Waals surface area contributed by atoms with Crippen molar-refractivity contribution in [1.82, 2.24) is 4.90 Å². The highest BCUT2D eigenvalue weighted by molar-refractivity contribution is 5.80. The van der Waals surface area contributed by atoms with Gasteiger partial charge in [-0.25, -0.2) is 0 Å². The molecule has 0 spiro atoms. The van der Waals surface area contributed by atoms with E-state index in [1.165, 1.54) is 0 Å². The number of unbranched alkanes of at least 4 members (excludes halogenated alkanes) is 1. The van der Waals surface area contributed by atoms with Gasteiger partial charge in [0.1, 0.15) is 12.6 Å². The molecule has 0 amide bonds. The third-order valence-corrected chi connectivity index (χ3v) is 3.48. The number of hydrogen-bond acceptors (Lipinski definition) is 3. The summed E-state index contributed by atoms with van der Waals surface area (Å²) in [5.41, 5.74) is 1.04. The first-order valence-electron chi connectivity index (χ1n) is 6.70. The zero-order valence-electron chi connectivity index (χ0n) is 11.1. The number of ether oxygens (including phenoxy) is 1. The largest absolute Gasteiger partial charge is 0.460 e. The van der Waals surface area contributed by atoms with Crippen LogP contribution in [0.3, 0.4) is 0 Å². The van der Waals surface area contributed by atoms with Crippen molar-refractivity contribution in [3.63, 3.8) is 0 Å². The Morgan fingerprint density at radius 2 is 2.06 bits per heavy atom. The van der Waals surface area contributed by atoms with Crippen molar-refractivity contribution >= 4 is 5.97 Å². The minimum absolute atomic E-state index is 0.0136. The number of benzene rings is 1. The molecule has 1 heterocycles. The Balaban J connectivity index is 1.76. The molecule has 1 saturated heterocycles. The van der Waals surface area contributed by atoms with Gasteiger partial charge < -0.3 is 4.74 Å². The monoisotopic (exact) mass is 247 g/mol. The maximum Gasteiger partial charge on any atom is 0.325 e. The van der Waals surface area contributed by atoms with Crippen LogP contribution >= 0.6 is 0 Å². The summed E-state index contributed by atoms with van der Waals surface area (Å²) in [6.45, 7) is 5.63. The van der Waals surface area contributed by atoms with Gasteiger partial charge in [-0.3, -0.25) is 9.69 Å². The lowest BCUT2D eigenvalue weighted by molar-refractivity contribution is -0.145. The maximum atomic E-state index is 11.9. The molecule has 0 radical (unpaired) electrons. The Hall–Kier alpha value is -1.35. The van der Waals surface area contributed by atoms with Crippen LogP contribution < -0.4 is 0 Å². The number of carbonyl (C=O) groups excluding carboxylic acids is 1. The van der Waals surface area contributed by atoms with Gasteiger partial charge in [-0.2, -0.15) is 0 Å². The minimum Gasteiger partial charge on any atom is -0.460 e. The summed E-state index contributed by atoms with van der Waals surface area (Å²) in [4.78, 5) is 14.1. The summed E-state index contributed by atoms with van der Waals surface area (Å²) < 4.78 is 5.35. The first-order chi connectivity index (χ1) is 8.74. The molecule has 3 nitrogen and oxygen atoms in total. The first kappa shape index (κ1) is 13.1. The third-order valence-electron chi connectivity index (χ3n) is 3.48. The predicted octanol–water partition coefficient (Wildman–Crippen LogP) is 2.60. The highest BCUT2D eigenvalue weighted by atomic mass is 16.5. The van der Waals surface area contributed by atoms with E-state index in [1.54, 1.807) is 0 Å². The van der Waals surface area contributed by atoms with Gasteiger partial charge >= 0.3 is 5.97 Å². The van der Waals surface area contributed by atoms with Crippen molar-refractivity contribution in [2.75, 3.05) is 6.54 Å². The molecule has 3 heteroatoms. The third kappa shape index (κ3) is 3.10. The first-order valence-corrected chi connectivity index (χ1v) is 6.70. The molecule has 18 heavy (non-hydrogen) atoms. The lowest BCUT2D eigenvalue weighted by Crippen LogP contribution is -2.17. The second kappa shape index (κ2) is 6.01. The van der Waals surface area contributed by atoms with E-state index in [9.17, 15) is 4.79 Å². The molecule has 0 aliphatic carbocycles. The van der Waals surface area contributed by atoms with Crippen LogP contribution in [0.15, 0.2) is 30.3 Å². The number of hydrogen-bond donors (Lipinski definition) is 0. The normalized spacial score (nSPS) is 25.8. The fourth-order valence-corrected chi connectivity index (χ4v) is 2.24. The second-order valence-electron chi connectivity index (χ2n) is 4.87. The fraction of sp³-hybridized carbons (Fsp3) is 0.533. The Kier molecular flexibility index (Phi) is 4.37. The SMILES string of the molecule is CCCCN1[C@H](C(=O)OCc2ccccc2)[C@@H]1C. The molecule has 0 aromatic heterocycles. The average Bonchev–Trinajstić information content (AvgIpc) is 3.05. The summed E-state index contributed by atoms with van der Waals surface area (Å²) in [6, 6.07) is 10.1. The van der Waals surface area contributed by atoms with Crippen LogP contribution in [0.1, 0.15) is 32.3 Å². The molecule has 3 atom stereocenters. The van der Waals surface area contributed by atoms with Gasteiger partial charge in [-0.1, -0.05) is 43.7 Å². The molecule has 0 N–H and O–H groups in total. The lowest BCUT2D eigenvalue weighted by atomic mass is 10.2. The van der Waals surface area contributed by atoms with Crippen LogP contribution in [-0.4, -0.2) is 29.5 Å². The molecule has 1 aliphatic rings. The van der Waals surface area contributed by atoms with Crippen LogP contribution in [0.5, 0.6) is 0 Å². The van der Waals surface area contributed by atoms with E-state index in [4.69, 9.17) is 4.74 Å². The summed E-state index contributed by atoms with van der Waals surface area (Å²) in [6.07, 6.45) is 2.31. The predicted molar refractivity (Wildman–Crippen MR) is 71.1 cm³/mol. The zero-order chi connectivity index (χ0) is 13.0. The smallest absolute Gasteiger partial charge is 0.325 e. The summed E-state index contributed by atoms with van der Waals surface area (Å²) in [5.74, 6) is -0.0811. The molecule has 1 unspecified atom stereocenters. The zero-order valence-corrected chi connectivity index (χ0v) is 11.1. The molecular formula is C15H21NO2. The van der Waals surface area contributed by atoms with E-state index in [0.29, 0.717) is 12.6 Å². The topological polar surface area (TPSA) is 29.3 Å². The van der Waals surface area contributed by atoms with E-state index < -0.39 is 0 Å². The Morgan fingerprint density at radius 1 is 1.33 bits per heavy atom. The molecule has 1 aromatic carbocycles. The van der Waals surface area contributed by atoms with Crippen LogP contribution in [0.2, 0.25) is 0 Å². The van der Waals surface area contributed by atoms with E-state index in [2.05, 4.69) is 18.7 Å². The van der Waals surface area contributed by atoms with Crippen LogP contribution in [0, 0.1) is 0 Å². The van der Waals surface area contributed by atoms with Crippen molar-refractivity contribution in [3.8, 4) is 0 Å². The van der Waals surface area contributed by atoms with Crippen molar-refractivity contribution < 1.29 is 9.53 Å². The van der Waals surface area contributed by atoms with Gasteiger partial charge in [0, 0.05) is 6.04 Å². The molecule has 98 valence electrons. The van der Waals surface area contributed by atoms with E-state index in [1.807, 2.05) is 30.3 Å². The number of carbonyl (C=O) groups is 1. The Morgan fingerprint density at radius 3 is 2.72 bits per heavy atom. The lowest BCUT2D eigenvalue weighted by Gasteiger charge is -2.05. The van der Waals surface area contributed by atoms with Crippen molar-refractivity contribution in [2.24, 2.45) is 0 Å². The Labute approximate surface area is 109 Å². The highest BCUT2D eigenvalue weighted by Crippen LogP contribution is 2.29. The number of rotatable bonds is 6. The maximum absolute atomic E-state index is 11.9. The van der Waals surface area contributed by atoms with Gasteiger partial charge in [0.25, 0.3) is 0 Å². The summed E-state index contributed by atoms with van der Waals surface area (Å²) in [5, 5.41) is 0. The van der Waals surface area contributed by atoms with Gasteiger partial charge in [0.2, 0.25) is 0 Å². The van der Waals surface area contributed by atoms with Crippen LogP contribution in [0.4, 0.5) is 0 Å². The summed E-state index contributed by atoms with van der Waals surface area (Å²) >= 11 is 0. The van der Waals surface area contributed by atoms with Gasteiger partial charge in [-0.15, -0.1) is 0 Å². The van der Waals surface area contributed by atoms with Crippen molar-refractivity contribution in [2.45, 2.75) is 45.4 Å². The molecule has 0 bridgehead atoms. The Bertz CT molecular complexity index is 391. The standard InChI is InChI=1S/C15H21NO2/c1-3-4-10-16-12(2)14(16)15(17)18-11-13-8-6-5-7-9-13/h5-9,12,14H,3-4,10-11H2,1-2H3/t12-,14-,16?/m0/s1. The molecule has 1 aromatic rings. The molecule has 1 fully saturated rings. The summed E-state index contributed by atoms with van der Waals surface area (Å²) in [7, 11) is 0. The average molecular weight is 247 g/mol. The number of nitrogens with zero attached hydrogens (tertiary/aromatic N) is 1. The number of esters is 1. The van der Waals surface area contributed by atoms with E-state index in [-0.39, 0.29) is 12.0 Å². The highest BCUT2D eigenvalue weighted by Gasteiger charge is 2.49. The fourth-order valence-electron chi connectivity index (χ4n) is 2.24. The van der Waals surface area contributed by atoms with Crippen LogP contribution in [0.25, 0.3) is 0 Å². The second-order valence-corrected chi connectivity index (χ2v) is 4.87. The van der Waals surface area contributed by atoms with E-state index in [0.717, 1.165) is 24.9 Å². The molecular weight excluding hydrogens is 226 g/mol.